The third kappa shape index (κ3) is 1.21. The van der Waals surface area contributed by atoms with Gasteiger partial charge in [-0.25, -0.2) is 4.39 Å². The van der Waals surface area contributed by atoms with E-state index in [-0.39, 0.29) is 10.0 Å². The molecule has 0 aliphatic rings. The molecule has 0 aromatic heterocycles. The summed E-state index contributed by atoms with van der Waals surface area (Å²) in [6.07, 6.45) is 0. The summed E-state index contributed by atoms with van der Waals surface area (Å²) >= 11 is 2.76. The molecule has 0 spiro atoms. The first-order valence-electron chi connectivity index (χ1n) is 2.88. The van der Waals surface area contributed by atoms with Crippen molar-refractivity contribution in [2.75, 3.05) is 0 Å². The fraction of sp³-hybridized carbons (Fsp3) is 0. The van der Waals surface area contributed by atoms with Gasteiger partial charge in [0, 0.05) is 6.07 Å². The van der Waals surface area contributed by atoms with E-state index in [1.165, 1.54) is 0 Å². The van der Waals surface area contributed by atoms with Crippen molar-refractivity contribution in [3.8, 4) is 17.6 Å². The first-order chi connectivity index (χ1) is 5.57. The van der Waals surface area contributed by atoms with E-state index in [2.05, 4.69) is 15.9 Å². The van der Waals surface area contributed by atoms with Crippen LogP contribution < -0.4 is 0 Å². The maximum atomic E-state index is 12.7. The Morgan fingerprint density at radius 2 is 2.08 bits per heavy atom. The van der Waals surface area contributed by atoms with Gasteiger partial charge in [0.1, 0.15) is 17.4 Å². The largest absolute Gasteiger partial charge is 0.504 e. The van der Waals surface area contributed by atoms with Crippen molar-refractivity contribution in [3.63, 3.8) is 0 Å². The summed E-state index contributed by atoms with van der Waals surface area (Å²) < 4.78 is 12.6. The molecule has 0 fully saturated rings. The molecule has 62 valence electrons. The summed E-state index contributed by atoms with van der Waals surface area (Å²) in [4.78, 5) is 0. The lowest BCUT2D eigenvalue weighted by molar-refractivity contribution is 0.398. The van der Waals surface area contributed by atoms with Gasteiger partial charge < -0.3 is 10.2 Å². The number of benzene rings is 1. The maximum absolute atomic E-state index is 12.7. The van der Waals surface area contributed by atoms with Gasteiger partial charge in [-0.15, -0.1) is 0 Å². The molecule has 1 rings (SSSR count). The van der Waals surface area contributed by atoms with Crippen molar-refractivity contribution < 1.29 is 14.6 Å². The van der Waals surface area contributed by atoms with Crippen molar-refractivity contribution in [3.05, 3.63) is 21.9 Å². The molecule has 1 aromatic rings. The van der Waals surface area contributed by atoms with E-state index >= 15 is 0 Å². The van der Waals surface area contributed by atoms with Crippen LogP contribution in [-0.4, -0.2) is 10.2 Å². The van der Waals surface area contributed by atoms with Crippen LogP contribution in [-0.2, 0) is 0 Å². The Labute approximate surface area is 75.8 Å². The third-order valence-electron chi connectivity index (χ3n) is 1.28. The van der Waals surface area contributed by atoms with Crippen LogP contribution in [0.3, 0.4) is 0 Å². The quantitative estimate of drug-likeness (QED) is 0.671. The maximum Gasteiger partial charge on any atom is 0.176 e. The molecule has 12 heavy (non-hydrogen) atoms. The molecule has 0 amide bonds. The van der Waals surface area contributed by atoms with E-state index in [9.17, 15) is 4.39 Å². The van der Waals surface area contributed by atoms with Crippen molar-refractivity contribution in [2.45, 2.75) is 0 Å². The Morgan fingerprint density at radius 1 is 1.50 bits per heavy atom. The highest BCUT2D eigenvalue weighted by molar-refractivity contribution is 9.10. The van der Waals surface area contributed by atoms with Crippen molar-refractivity contribution >= 4 is 15.9 Å². The number of rotatable bonds is 0. The predicted octanol–water partition coefficient (Wildman–Crippen LogP) is 1.87. The Morgan fingerprint density at radius 3 is 2.58 bits per heavy atom. The molecule has 3 nitrogen and oxygen atoms in total. The second-order valence-corrected chi connectivity index (χ2v) is 2.82. The second kappa shape index (κ2) is 2.99. The van der Waals surface area contributed by atoms with E-state index in [0.29, 0.717) is 0 Å². The number of hydrogen-bond donors (Lipinski definition) is 2. The van der Waals surface area contributed by atoms with E-state index in [4.69, 9.17) is 15.5 Å². The van der Waals surface area contributed by atoms with Crippen LogP contribution in [0.1, 0.15) is 5.56 Å². The SMILES string of the molecule is N#Cc1c(O)c(O)cc(F)c1Br. The average molecular weight is 232 g/mol. The lowest BCUT2D eigenvalue weighted by Gasteiger charge is -2.02. The molecule has 1 aromatic carbocycles. The molecule has 0 saturated heterocycles. The number of aromatic hydroxyl groups is 2. The highest BCUT2D eigenvalue weighted by Crippen LogP contribution is 2.35. The van der Waals surface area contributed by atoms with Crippen molar-refractivity contribution in [2.24, 2.45) is 0 Å². The molecule has 5 heteroatoms. The molecule has 0 aliphatic carbocycles. The number of phenolic OH excluding ortho intramolecular Hbond substituents is 2. The normalized spacial score (nSPS) is 9.42. The molecule has 2 N–H and O–H groups in total. The third-order valence-corrected chi connectivity index (χ3v) is 2.06. The smallest absolute Gasteiger partial charge is 0.176 e. The minimum absolute atomic E-state index is 0.152. The number of halogens is 2. The van der Waals surface area contributed by atoms with Gasteiger partial charge in [0.05, 0.1) is 4.47 Å². The van der Waals surface area contributed by atoms with Crippen LogP contribution in [0.2, 0.25) is 0 Å². The monoisotopic (exact) mass is 231 g/mol. The molecular weight excluding hydrogens is 229 g/mol. The van der Waals surface area contributed by atoms with Gasteiger partial charge in [0.25, 0.3) is 0 Å². The van der Waals surface area contributed by atoms with Gasteiger partial charge in [0.15, 0.2) is 11.5 Å². The summed E-state index contributed by atoms with van der Waals surface area (Å²) in [5, 5.41) is 26.3. The van der Waals surface area contributed by atoms with Gasteiger partial charge in [-0.1, -0.05) is 0 Å². The van der Waals surface area contributed by atoms with E-state index in [1.54, 1.807) is 6.07 Å². The average Bonchev–Trinajstić information content (AvgIpc) is 2.02. The van der Waals surface area contributed by atoms with Gasteiger partial charge in [-0.2, -0.15) is 5.26 Å². The number of nitriles is 1. The van der Waals surface area contributed by atoms with Gasteiger partial charge >= 0.3 is 0 Å². The summed E-state index contributed by atoms with van der Waals surface area (Å²) in [6.45, 7) is 0. The Kier molecular flexibility index (Phi) is 2.20. The van der Waals surface area contributed by atoms with Crippen LogP contribution in [0.5, 0.6) is 11.5 Å². The van der Waals surface area contributed by atoms with Crippen LogP contribution in [0.25, 0.3) is 0 Å². The van der Waals surface area contributed by atoms with Crippen molar-refractivity contribution in [1.82, 2.24) is 0 Å². The number of hydrogen-bond acceptors (Lipinski definition) is 3. The highest BCUT2D eigenvalue weighted by Gasteiger charge is 2.14. The molecule has 0 bridgehead atoms. The van der Waals surface area contributed by atoms with Crippen LogP contribution in [0, 0.1) is 17.1 Å². The zero-order valence-corrected chi connectivity index (χ0v) is 7.26. The summed E-state index contributed by atoms with van der Waals surface area (Å²) in [6, 6.07) is 2.27. The summed E-state index contributed by atoms with van der Waals surface area (Å²) in [5.74, 6) is -2.06. The zero-order chi connectivity index (χ0) is 9.30. The minimum atomic E-state index is -0.790. The molecule has 0 aliphatic heterocycles. The van der Waals surface area contributed by atoms with E-state index in [0.717, 1.165) is 6.07 Å². The van der Waals surface area contributed by atoms with Crippen LogP contribution in [0.15, 0.2) is 10.5 Å². The van der Waals surface area contributed by atoms with E-state index in [1.807, 2.05) is 0 Å². The first-order valence-corrected chi connectivity index (χ1v) is 3.67. The van der Waals surface area contributed by atoms with Crippen molar-refractivity contribution in [1.29, 1.82) is 5.26 Å². The minimum Gasteiger partial charge on any atom is -0.504 e. The molecule has 0 unspecified atom stereocenters. The second-order valence-electron chi connectivity index (χ2n) is 2.03. The first kappa shape index (κ1) is 8.81. The van der Waals surface area contributed by atoms with Crippen LogP contribution >= 0.6 is 15.9 Å². The highest BCUT2D eigenvalue weighted by atomic mass is 79.9. The molecule has 0 atom stereocenters. The zero-order valence-electron chi connectivity index (χ0n) is 5.67. The van der Waals surface area contributed by atoms with E-state index < -0.39 is 17.3 Å². The molecule has 0 radical (unpaired) electrons. The lowest BCUT2D eigenvalue weighted by atomic mass is 10.2. The Bertz CT molecular complexity index is 346. The standard InChI is InChI=1S/C7H3BrFNO2/c8-6-3(2-10)7(12)5(11)1-4(6)9/h1,11-12H. The topological polar surface area (TPSA) is 64.2 Å². The number of phenols is 2. The summed E-state index contributed by atoms with van der Waals surface area (Å²) in [5.41, 5.74) is -0.312. The Hall–Kier alpha value is -1.28. The lowest BCUT2D eigenvalue weighted by Crippen LogP contribution is -1.85. The molecule has 0 heterocycles. The fourth-order valence-corrected chi connectivity index (χ4v) is 1.10. The van der Waals surface area contributed by atoms with Crippen LogP contribution in [0.4, 0.5) is 4.39 Å². The van der Waals surface area contributed by atoms with Gasteiger partial charge in [-0.3, -0.25) is 0 Å². The van der Waals surface area contributed by atoms with Gasteiger partial charge in [-0.05, 0) is 15.9 Å². The summed E-state index contributed by atoms with van der Waals surface area (Å²) in [7, 11) is 0. The molecular formula is C7H3BrFNO2. The predicted molar refractivity (Wildman–Crippen MR) is 42.1 cm³/mol. The Balaban J connectivity index is 3.56. The van der Waals surface area contributed by atoms with Gasteiger partial charge in [0.2, 0.25) is 0 Å². The fourth-order valence-electron chi connectivity index (χ4n) is 0.705. The molecule has 0 saturated carbocycles. The number of nitrogens with zero attached hydrogens (tertiary/aromatic N) is 1.